The first-order chi connectivity index (χ1) is 11.8. The van der Waals surface area contributed by atoms with Crippen molar-refractivity contribution < 1.29 is 4.42 Å². The summed E-state index contributed by atoms with van der Waals surface area (Å²) in [5.41, 5.74) is 1.67. The van der Waals surface area contributed by atoms with Gasteiger partial charge in [0.25, 0.3) is 0 Å². The molecule has 2 atom stereocenters. The van der Waals surface area contributed by atoms with Crippen molar-refractivity contribution in [3.05, 3.63) is 69.9 Å². The molecule has 0 bridgehead atoms. The summed E-state index contributed by atoms with van der Waals surface area (Å²) >= 11 is 1.73. The third-order valence-corrected chi connectivity index (χ3v) is 5.26. The summed E-state index contributed by atoms with van der Waals surface area (Å²) in [5, 5.41) is 14.6. The summed E-state index contributed by atoms with van der Waals surface area (Å²) < 4.78 is 5.86. The SMILES string of the molecule is N#Cc1nc([C@H]2C[C@@H]2c2ccccc2)oc1NCCc1cccs1. The van der Waals surface area contributed by atoms with E-state index in [1.54, 1.807) is 11.3 Å². The molecule has 0 radical (unpaired) electrons. The van der Waals surface area contributed by atoms with Crippen molar-refractivity contribution in [3.8, 4) is 6.07 Å². The van der Waals surface area contributed by atoms with Crippen LogP contribution in [0.25, 0.3) is 0 Å². The zero-order valence-electron chi connectivity index (χ0n) is 13.1. The Morgan fingerprint density at radius 1 is 1.21 bits per heavy atom. The number of oxazole rings is 1. The van der Waals surface area contributed by atoms with Crippen LogP contribution in [-0.2, 0) is 6.42 Å². The zero-order chi connectivity index (χ0) is 16.4. The van der Waals surface area contributed by atoms with E-state index in [1.165, 1.54) is 10.4 Å². The predicted octanol–water partition coefficient (Wildman–Crippen LogP) is 4.53. The van der Waals surface area contributed by atoms with E-state index in [4.69, 9.17) is 4.42 Å². The highest BCUT2D eigenvalue weighted by Gasteiger charge is 2.43. The molecule has 24 heavy (non-hydrogen) atoms. The zero-order valence-corrected chi connectivity index (χ0v) is 13.9. The molecule has 2 aromatic heterocycles. The van der Waals surface area contributed by atoms with E-state index in [9.17, 15) is 5.26 Å². The van der Waals surface area contributed by atoms with E-state index in [2.05, 4.69) is 52.1 Å². The standard InChI is InChI=1S/C19H17N3OS/c20-12-17-19(21-9-8-14-7-4-10-24-14)23-18(22-17)16-11-15(16)13-5-2-1-3-6-13/h1-7,10,15-16,21H,8-9,11H2/t15-,16+/m1/s1. The second-order valence-electron chi connectivity index (χ2n) is 5.96. The van der Waals surface area contributed by atoms with Gasteiger partial charge in [0, 0.05) is 17.3 Å². The van der Waals surface area contributed by atoms with E-state index >= 15 is 0 Å². The molecule has 1 N–H and O–H groups in total. The van der Waals surface area contributed by atoms with Crippen molar-refractivity contribution >= 4 is 17.2 Å². The van der Waals surface area contributed by atoms with Gasteiger partial charge in [0.2, 0.25) is 17.5 Å². The molecule has 2 heterocycles. The highest BCUT2D eigenvalue weighted by Crippen LogP contribution is 2.54. The first kappa shape index (κ1) is 15.0. The fourth-order valence-electron chi connectivity index (χ4n) is 2.98. The first-order valence-corrected chi connectivity index (χ1v) is 8.95. The largest absolute Gasteiger partial charge is 0.424 e. The Hall–Kier alpha value is -2.58. The number of hydrogen-bond acceptors (Lipinski definition) is 5. The van der Waals surface area contributed by atoms with E-state index in [1.807, 2.05) is 12.1 Å². The number of anilines is 1. The van der Waals surface area contributed by atoms with Gasteiger partial charge in [-0.25, -0.2) is 4.98 Å². The van der Waals surface area contributed by atoms with Gasteiger partial charge in [0.05, 0.1) is 0 Å². The number of rotatable bonds is 6. The normalized spacial score (nSPS) is 19.0. The lowest BCUT2D eigenvalue weighted by atomic mass is 10.1. The minimum Gasteiger partial charge on any atom is -0.424 e. The van der Waals surface area contributed by atoms with Crippen molar-refractivity contribution in [1.82, 2.24) is 4.98 Å². The maximum Gasteiger partial charge on any atom is 0.232 e. The van der Waals surface area contributed by atoms with Crippen LogP contribution in [0, 0.1) is 11.3 Å². The lowest BCUT2D eigenvalue weighted by molar-refractivity contribution is 0.505. The van der Waals surface area contributed by atoms with Gasteiger partial charge in [0.15, 0.2) is 0 Å². The second kappa shape index (κ2) is 6.50. The lowest BCUT2D eigenvalue weighted by Crippen LogP contribution is -2.04. The molecule has 3 aromatic rings. The van der Waals surface area contributed by atoms with Crippen LogP contribution in [0.1, 0.15) is 40.3 Å². The maximum atomic E-state index is 9.29. The molecule has 0 saturated heterocycles. The van der Waals surface area contributed by atoms with Crippen LogP contribution < -0.4 is 5.32 Å². The Kier molecular flexibility index (Phi) is 4.06. The third-order valence-electron chi connectivity index (χ3n) is 4.32. The molecule has 4 nitrogen and oxygen atoms in total. The molecular weight excluding hydrogens is 318 g/mol. The van der Waals surface area contributed by atoms with Crippen LogP contribution in [0.4, 0.5) is 5.88 Å². The van der Waals surface area contributed by atoms with Gasteiger partial charge in [-0.05, 0) is 35.8 Å². The van der Waals surface area contributed by atoms with Gasteiger partial charge >= 0.3 is 0 Å². The molecule has 4 rings (SSSR count). The summed E-state index contributed by atoms with van der Waals surface area (Å²) in [6, 6.07) is 16.7. The number of nitrogens with zero attached hydrogens (tertiary/aromatic N) is 2. The van der Waals surface area contributed by atoms with E-state index < -0.39 is 0 Å². The van der Waals surface area contributed by atoms with Crippen LogP contribution in [-0.4, -0.2) is 11.5 Å². The quantitative estimate of drug-likeness (QED) is 0.719. The molecular formula is C19H17N3OS. The van der Waals surface area contributed by atoms with Crippen LogP contribution in [0.15, 0.2) is 52.3 Å². The maximum absolute atomic E-state index is 9.29. The van der Waals surface area contributed by atoms with Crippen molar-refractivity contribution in [2.45, 2.75) is 24.7 Å². The van der Waals surface area contributed by atoms with Gasteiger partial charge in [-0.2, -0.15) is 5.26 Å². The van der Waals surface area contributed by atoms with Crippen LogP contribution >= 0.6 is 11.3 Å². The number of nitrogens with one attached hydrogen (secondary N) is 1. The van der Waals surface area contributed by atoms with Crippen LogP contribution in [0.2, 0.25) is 0 Å². The third kappa shape index (κ3) is 3.06. The molecule has 0 amide bonds. The van der Waals surface area contributed by atoms with E-state index in [0.717, 1.165) is 19.4 Å². The predicted molar refractivity (Wildman–Crippen MR) is 94.3 cm³/mol. The molecule has 1 aliphatic rings. The fraction of sp³-hybridized carbons (Fsp3) is 0.263. The van der Waals surface area contributed by atoms with Crippen LogP contribution in [0.3, 0.4) is 0 Å². The average Bonchev–Trinajstić information content (AvgIpc) is 3.05. The molecule has 1 saturated carbocycles. The molecule has 120 valence electrons. The number of hydrogen-bond donors (Lipinski definition) is 1. The first-order valence-electron chi connectivity index (χ1n) is 8.07. The van der Waals surface area contributed by atoms with Gasteiger partial charge in [-0.15, -0.1) is 11.3 Å². The summed E-state index contributed by atoms with van der Waals surface area (Å²) in [7, 11) is 0. The second-order valence-corrected chi connectivity index (χ2v) is 6.99. The molecule has 1 aliphatic carbocycles. The number of nitriles is 1. The topological polar surface area (TPSA) is 61.9 Å². The van der Waals surface area contributed by atoms with Gasteiger partial charge < -0.3 is 9.73 Å². The van der Waals surface area contributed by atoms with Crippen LogP contribution in [0.5, 0.6) is 0 Å². The fourth-order valence-corrected chi connectivity index (χ4v) is 3.69. The Bertz CT molecular complexity index is 849. The van der Waals surface area contributed by atoms with E-state index in [0.29, 0.717) is 23.4 Å². The summed E-state index contributed by atoms with van der Waals surface area (Å²) in [6.45, 7) is 0.733. The molecule has 1 fully saturated rings. The Balaban J connectivity index is 1.43. The number of benzene rings is 1. The van der Waals surface area contributed by atoms with Gasteiger partial charge in [0.1, 0.15) is 6.07 Å². The highest BCUT2D eigenvalue weighted by molar-refractivity contribution is 7.09. The molecule has 0 aliphatic heterocycles. The van der Waals surface area contributed by atoms with Gasteiger partial charge in [-0.3, -0.25) is 0 Å². The van der Waals surface area contributed by atoms with Crippen molar-refractivity contribution in [3.63, 3.8) is 0 Å². The molecule has 1 aromatic carbocycles. The van der Waals surface area contributed by atoms with Crippen molar-refractivity contribution in [2.24, 2.45) is 0 Å². The molecule has 0 spiro atoms. The lowest BCUT2D eigenvalue weighted by Gasteiger charge is -2.01. The monoisotopic (exact) mass is 335 g/mol. The molecule has 5 heteroatoms. The summed E-state index contributed by atoms with van der Waals surface area (Å²) in [6.07, 6.45) is 1.94. The smallest absolute Gasteiger partial charge is 0.232 e. The summed E-state index contributed by atoms with van der Waals surface area (Å²) in [4.78, 5) is 5.71. The Morgan fingerprint density at radius 3 is 2.83 bits per heavy atom. The minimum atomic E-state index is 0.285. The van der Waals surface area contributed by atoms with Crippen molar-refractivity contribution in [1.29, 1.82) is 5.26 Å². The van der Waals surface area contributed by atoms with E-state index in [-0.39, 0.29) is 5.92 Å². The number of thiophene rings is 1. The van der Waals surface area contributed by atoms with Gasteiger partial charge in [-0.1, -0.05) is 36.4 Å². The Morgan fingerprint density at radius 2 is 2.08 bits per heavy atom. The average molecular weight is 335 g/mol. The summed E-state index contributed by atoms with van der Waals surface area (Å²) in [5.74, 6) is 1.92. The Labute approximate surface area is 144 Å². The highest BCUT2D eigenvalue weighted by atomic mass is 32.1. The van der Waals surface area contributed by atoms with Crippen molar-refractivity contribution in [2.75, 3.05) is 11.9 Å². The molecule has 0 unspecified atom stereocenters. The minimum absolute atomic E-state index is 0.285. The number of aromatic nitrogens is 1.